The number of nitrogens with two attached hydrogens (primary N) is 1. The highest BCUT2D eigenvalue weighted by Crippen LogP contribution is 2.44. The lowest BCUT2D eigenvalue weighted by Crippen LogP contribution is -2.35. The maximum Gasteiger partial charge on any atom is 0.189 e. The molecule has 0 amide bonds. The van der Waals surface area contributed by atoms with Crippen LogP contribution >= 0.6 is 0 Å². The Morgan fingerprint density at radius 2 is 2.42 bits per heavy atom. The van der Waals surface area contributed by atoms with Crippen LogP contribution in [0.4, 0.5) is 0 Å². The summed E-state index contributed by atoms with van der Waals surface area (Å²) in [6.07, 6.45) is 2.91. The quantitative estimate of drug-likeness (QED) is 0.372. The van der Waals surface area contributed by atoms with Crippen molar-refractivity contribution in [3.8, 4) is 0 Å². The molecule has 1 fully saturated rings. The molecule has 0 aromatic heterocycles. The fraction of sp³-hybridized carbons (Fsp3) is 0.667. The van der Waals surface area contributed by atoms with Gasteiger partial charge in [0.05, 0.1) is 6.54 Å². The molecule has 3 nitrogen and oxygen atoms in total. The molecule has 0 aromatic rings. The summed E-state index contributed by atoms with van der Waals surface area (Å²) in [5, 5.41) is 3.16. The van der Waals surface area contributed by atoms with Crippen LogP contribution in [0, 0.1) is 5.41 Å². The van der Waals surface area contributed by atoms with E-state index in [2.05, 4.69) is 30.7 Å². The molecule has 0 spiro atoms. The molecule has 12 heavy (non-hydrogen) atoms. The van der Waals surface area contributed by atoms with Crippen LogP contribution in [0.15, 0.2) is 17.6 Å². The van der Waals surface area contributed by atoms with Crippen molar-refractivity contribution in [3.63, 3.8) is 0 Å². The zero-order valence-electron chi connectivity index (χ0n) is 7.80. The molecule has 0 saturated heterocycles. The zero-order chi connectivity index (χ0) is 9.19. The van der Waals surface area contributed by atoms with Crippen molar-refractivity contribution >= 4 is 5.96 Å². The first kappa shape index (κ1) is 9.10. The smallest absolute Gasteiger partial charge is 0.189 e. The van der Waals surface area contributed by atoms with E-state index in [-0.39, 0.29) is 0 Å². The van der Waals surface area contributed by atoms with Crippen LogP contribution in [0.3, 0.4) is 0 Å². The Bertz CT molecular complexity index is 206. The summed E-state index contributed by atoms with van der Waals surface area (Å²) in [6.45, 7) is 8.58. The van der Waals surface area contributed by atoms with Crippen LogP contribution in [0.1, 0.15) is 20.3 Å². The number of hydrogen-bond acceptors (Lipinski definition) is 1. The SMILES string of the molecule is C=CCN=C(N)NC1CC1(C)C. The molecule has 1 aliphatic rings. The van der Waals surface area contributed by atoms with Gasteiger partial charge in [-0.25, -0.2) is 4.99 Å². The highest BCUT2D eigenvalue weighted by atomic mass is 15.1. The largest absolute Gasteiger partial charge is 0.370 e. The molecule has 3 heteroatoms. The van der Waals surface area contributed by atoms with Crippen molar-refractivity contribution in [3.05, 3.63) is 12.7 Å². The van der Waals surface area contributed by atoms with Crippen molar-refractivity contribution < 1.29 is 0 Å². The molecule has 1 saturated carbocycles. The van der Waals surface area contributed by atoms with Crippen molar-refractivity contribution in [1.82, 2.24) is 5.32 Å². The predicted octanol–water partition coefficient (Wildman–Crippen LogP) is 0.875. The van der Waals surface area contributed by atoms with Gasteiger partial charge in [-0.2, -0.15) is 0 Å². The van der Waals surface area contributed by atoms with Crippen molar-refractivity contribution in [2.45, 2.75) is 26.3 Å². The average molecular weight is 167 g/mol. The van der Waals surface area contributed by atoms with Crippen LogP contribution < -0.4 is 11.1 Å². The average Bonchev–Trinajstić information content (AvgIpc) is 2.54. The fourth-order valence-corrected chi connectivity index (χ4v) is 1.10. The van der Waals surface area contributed by atoms with Gasteiger partial charge >= 0.3 is 0 Å². The molecule has 3 N–H and O–H groups in total. The molecular weight excluding hydrogens is 150 g/mol. The third-order valence-electron chi connectivity index (χ3n) is 2.23. The van der Waals surface area contributed by atoms with Gasteiger partial charge in [-0.05, 0) is 11.8 Å². The van der Waals surface area contributed by atoms with Gasteiger partial charge in [0.15, 0.2) is 5.96 Å². The molecule has 0 aromatic carbocycles. The molecule has 0 aliphatic heterocycles. The summed E-state index contributed by atoms with van der Waals surface area (Å²) in [6, 6.07) is 0.506. The van der Waals surface area contributed by atoms with Gasteiger partial charge in [0.1, 0.15) is 0 Å². The van der Waals surface area contributed by atoms with E-state index in [1.165, 1.54) is 6.42 Å². The van der Waals surface area contributed by atoms with Gasteiger partial charge in [0.25, 0.3) is 0 Å². The van der Waals surface area contributed by atoms with Crippen LogP contribution in [0.5, 0.6) is 0 Å². The predicted molar refractivity (Wildman–Crippen MR) is 52.0 cm³/mol. The summed E-state index contributed by atoms with van der Waals surface area (Å²) in [5.41, 5.74) is 6.01. The third-order valence-corrected chi connectivity index (χ3v) is 2.23. The van der Waals surface area contributed by atoms with E-state index in [0.29, 0.717) is 24.0 Å². The molecule has 1 aliphatic carbocycles. The minimum absolute atomic E-state index is 0.397. The van der Waals surface area contributed by atoms with Gasteiger partial charge < -0.3 is 11.1 Å². The number of rotatable bonds is 3. The van der Waals surface area contributed by atoms with Crippen LogP contribution in [0.25, 0.3) is 0 Å². The Balaban J connectivity index is 2.28. The molecule has 1 atom stereocenters. The Morgan fingerprint density at radius 1 is 1.83 bits per heavy atom. The minimum atomic E-state index is 0.397. The van der Waals surface area contributed by atoms with Gasteiger partial charge in [0, 0.05) is 6.04 Å². The number of aliphatic imine (C=N–C) groups is 1. The Labute approximate surface area is 73.7 Å². The summed E-state index contributed by atoms with van der Waals surface area (Å²) in [4.78, 5) is 4.05. The van der Waals surface area contributed by atoms with Crippen molar-refractivity contribution in [1.29, 1.82) is 0 Å². The highest BCUT2D eigenvalue weighted by Gasteiger charge is 2.45. The normalized spacial score (nSPS) is 26.5. The first-order valence-electron chi connectivity index (χ1n) is 4.23. The van der Waals surface area contributed by atoms with E-state index >= 15 is 0 Å². The summed E-state index contributed by atoms with van der Waals surface area (Å²) in [5.74, 6) is 0.533. The van der Waals surface area contributed by atoms with Gasteiger partial charge in [-0.1, -0.05) is 19.9 Å². The molecule has 1 unspecified atom stereocenters. The van der Waals surface area contributed by atoms with E-state index in [9.17, 15) is 0 Å². The Morgan fingerprint density at radius 3 is 2.83 bits per heavy atom. The van der Waals surface area contributed by atoms with E-state index in [0.717, 1.165) is 0 Å². The molecule has 1 rings (SSSR count). The summed E-state index contributed by atoms with van der Waals surface area (Å²) < 4.78 is 0. The standard InChI is InChI=1S/C9H17N3/c1-4-5-11-8(10)12-7-6-9(7,2)3/h4,7H,1,5-6H2,2-3H3,(H3,10,11,12). The fourth-order valence-electron chi connectivity index (χ4n) is 1.10. The van der Waals surface area contributed by atoms with E-state index in [1.807, 2.05) is 0 Å². The van der Waals surface area contributed by atoms with E-state index in [1.54, 1.807) is 6.08 Å². The maximum atomic E-state index is 5.61. The van der Waals surface area contributed by atoms with E-state index in [4.69, 9.17) is 5.73 Å². The second-order valence-corrected chi connectivity index (χ2v) is 3.90. The molecule has 0 radical (unpaired) electrons. The Hall–Kier alpha value is -0.990. The lowest BCUT2D eigenvalue weighted by atomic mass is 10.2. The lowest BCUT2D eigenvalue weighted by Gasteiger charge is -2.06. The second-order valence-electron chi connectivity index (χ2n) is 3.90. The van der Waals surface area contributed by atoms with Gasteiger partial charge in [0.2, 0.25) is 0 Å². The molecule has 0 bridgehead atoms. The number of guanidine groups is 1. The zero-order valence-corrected chi connectivity index (χ0v) is 7.80. The molecule has 68 valence electrons. The van der Waals surface area contributed by atoms with Gasteiger partial charge in [-0.3, -0.25) is 0 Å². The topological polar surface area (TPSA) is 50.4 Å². The first-order chi connectivity index (χ1) is 5.56. The second kappa shape index (κ2) is 3.17. The molecular formula is C9H17N3. The summed E-state index contributed by atoms with van der Waals surface area (Å²) in [7, 11) is 0. The number of nitrogens with one attached hydrogen (secondary N) is 1. The molecule has 0 heterocycles. The highest BCUT2D eigenvalue weighted by molar-refractivity contribution is 5.78. The lowest BCUT2D eigenvalue weighted by molar-refractivity contribution is 0.593. The van der Waals surface area contributed by atoms with Crippen LogP contribution in [0.2, 0.25) is 0 Å². The van der Waals surface area contributed by atoms with E-state index < -0.39 is 0 Å². The van der Waals surface area contributed by atoms with Gasteiger partial charge in [-0.15, -0.1) is 6.58 Å². The first-order valence-corrected chi connectivity index (χ1v) is 4.23. The van der Waals surface area contributed by atoms with Crippen LogP contribution in [-0.2, 0) is 0 Å². The number of hydrogen-bond donors (Lipinski definition) is 2. The minimum Gasteiger partial charge on any atom is -0.370 e. The monoisotopic (exact) mass is 167 g/mol. The van der Waals surface area contributed by atoms with Crippen molar-refractivity contribution in [2.75, 3.05) is 6.54 Å². The summed E-state index contributed by atoms with van der Waals surface area (Å²) >= 11 is 0. The number of nitrogens with zero attached hydrogens (tertiary/aromatic N) is 1. The van der Waals surface area contributed by atoms with Crippen LogP contribution in [-0.4, -0.2) is 18.5 Å². The van der Waals surface area contributed by atoms with Crippen molar-refractivity contribution in [2.24, 2.45) is 16.1 Å². The maximum absolute atomic E-state index is 5.61. The Kier molecular flexibility index (Phi) is 2.40. The third kappa shape index (κ3) is 2.26.